The summed E-state index contributed by atoms with van der Waals surface area (Å²) in [7, 11) is 0. The molecular weight excluding hydrogens is 280 g/mol. The Labute approximate surface area is 123 Å². The molecule has 0 aliphatic heterocycles. The van der Waals surface area contributed by atoms with Crippen LogP contribution in [0.25, 0.3) is 0 Å². The molecule has 0 saturated carbocycles. The average molecular weight is 301 g/mol. The largest absolute Gasteiger partial charge is 0.481 e. The highest BCUT2D eigenvalue weighted by Crippen LogP contribution is 2.19. The number of carbonyl (C=O) groups is 2. The van der Waals surface area contributed by atoms with Crippen molar-refractivity contribution in [2.75, 3.05) is 0 Å². The van der Waals surface area contributed by atoms with Gasteiger partial charge in [-0.05, 0) is 26.3 Å². The molecule has 2 N–H and O–H groups in total. The number of aliphatic carboxylic acids is 1. The third-order valence-corrected chi connectivity index (χ3v) is 3.20. The van der Waals surface area contributed by atoms with E-state index in [0.717, 1.165) is 6.42 Å². The molecule has 5 nitrogen and oxygen atoms in total. The van der Waals surface area contributed by atoms with Crippen LogP contribution in [-0.2, 0) is 4.79 Å². The van der Waals surface area contributed by atoms with Crippen molar-refractivity contribution in [3.05, 3.63) is 23.0 Å². The van der Waals surface area contributed by atoms with Gasteiger partial charge in [-0.2, -0.15) is 0 Å². The first kappa shape index (κ1) is 16.6. The van der Waals surface area contributed by atoms with Crippen LogP contribution >= 0.6 is 11.6 Å². The number of hydrogen-bond acceptors (Lipinski definition) is 2. The normalized spacial score (nSPS) is 12.4. The third kappa shape index (κ3) is 4.56. The molecule has 1 rings (SSSR count). The second kappa shape index (κ2) is 7.33. The fraction of sp³-hybridized carbons (Fsp3) is 0.571. The number of carboxylic acid groups (broad SMARTS) is 1. The number of carboxylic acids is 1. The number of amides is 1. The Kier molecular flexibility index (Phi) is 6.07. The zero-order valence-corrected chi connectivity index (χ0v) is 12.8. The SMILES string of the molecule is CCCC(CC(=O)O)NC(=O)c1cc(Cl)cn1C(C)C. The molecule has 1 unspecified atom stereocenters. The Hall–Kier alpha value is -1.49. The van der Waals surface area contributed by atoms with Gasteiger partial charge in [-0.3, -0.25) is 9.59 Å². The first-order valence-corrected chi connectivity index (χ1v) is 7.13. The Bertz CT molecular complexity index is 483. The lowest BCUT2D eigenvalue weighted by atomic mass is 10.1. The van der Waals surface area contributed by atoms with Gasteiger partial charge >= 0.3 is 5.97 Å². The van der Waals surface area contributed by atoms with Crippen molar-refractivity contribution in [3.8, 4) is 0 Å². The summed E-state index contributed by atoms with van der Waals surface area (Å²) in [6, 6.07) is 1.34. The number of rotatable bonds is 7. The Balaban J connectivity index is 2.85. The minimum atomic E-state index is -0.916. The molecule has 1 atom stereocenters. The van der Waals surface area contributed by atoms with E-state index in [1.807, 2.05) is 20.8 Å². The number of nitrogens with zero attached hydrogens (tertiary/aromatic N) is 1. The van der Waals surface area contributed by atoms with Crippen LogP contribution in [-0.4, -0.2) is 27.6 Å². The highest BCUT2D eigenvalue weighted by molar-refractivity contribution is 6.31. The molecule has 20 heavy (non-hydrogen) atoms. The van der Waals surface area contributed by atoms with E-state index in [9.17, 15) is 9.59 Å². The van der Waals surface area contributed by atoms with Gasteiger partial charge in [0.15, 0.2) is 0 Å². The molecule has 0 fully saturated rings. The van der Waals surface area contributed by atoms with Gasteiger partial charge in [-0.15, -0.1) is 0 Å². The molecule has 6 heteroatoms. The van der Waals surface area contributed by atoms with Crippen molar-refractivity contribution >= 4 is 23.5 Å². The summed E-state index contributed by atoms with van der Waals surface area (Å²) in [5.41, 5.74) is 0.455. The fourth-order valence-corrected chi connectivity index (χ4v) is 2.31. The Morgan fingerprint density at radius 2 is 2.10 bits per heavy atom. The molecule has 0 aliphatic carbocycles. The molecule has 112 valence electrons. The van der Waals surface area contributed by atoms with E-state index in [0.29, 0.717) is 17.1 Å². The summed E-state index contributed by atoms with van der Waals surface area (Å²) in [6.45, 7) is 5.86. The lowest BCUT2D eigenvalue weighted by Gasteiger charge is -2.18. The Morgan fingerprint density at radius 1 is 1.45 bits per heavy atom. The standard InChI is InChI=1S/C14H21ClN2O3/c1-4-5-11(7-13(18)19)16-14(20)12-6-10(15)8-17(12)9(2)3/h6,8-9,11H,4-5,7H2,1-3H3,(H,16,20)(H,18,19). The maximum Gasteiger partial charge on any atom is 0.305 e. The van der Waals surface area contributed by atoms with E-state index in [-0.39, 0.29) is 24.4 Å². The van der Waals surface area contributed by atoms with Gasteiger partial charge in [0.1, 0.15) is 5.69 Å². The van der Waals surface area contributed by atoms with Crippen LogP contribution in [0.5, 0.6) is 0 Å². The number of aromatic nitrogens is 1. The first-order chi connectivity index (χ1) is 9.35. The van der Waals surface area contributed by atoms with Gasteiger partial charge in [0.2, 0.25) is 0 Å². The number of halogens is 1. The topological polar surface area (TPSA) is 71.3 Å². The maximum atomic E-state index is 12.3. The van der Waals surface area contributed by atoms with E-state index in [4.69, 9.17) is 16.7 Å². The van der Waals surface area contributed by atoms with E-state index in [2.05, 4.69) is 5.32 Å². The molecule has 1 amide bonds. The minimum absolute atomic E-state index is 0.0737. The highest BCUT2D eigenvalue weighted by atomic mass is 35.5. The van der Waals surface area contributed by atoms with Gasteiger partial charge < -0.3 is 15.0 Å². The zero-order chi connectivity index (χ0) is 15.3. The molecule has 0 aromatic carbocycles. The average Bonchev–Trinajstić information content (AvgIpc) is 2.71. The van der Waals surface area contributed by atoms with Crippen LogP contribution in [0, 0.1) is 0 Å². The first-order valence-electron chi connectivity index (χ1n) is 6.75. The van der Waals surface area contributed by atoms with E-state index in [1.165, 1.54) is 0 Å². The van der Waals surface area contributed by atoms with Crippen LogP contribution in [0.3, 0.4) is 0 Å². The minimum Gasteiger partial charge on any atom is -0.481 e. The summed E-state index contributed by atoms with van der Waals surface area (Å²) in [5.74, 6) is -1.20. The second-order valence-corrected chi connectivity index (χ2v) is 5.54. The molecule has 0 aliphatic rings. The zero-order valence-electron chi connectivity index (χ0n) is 12.0. The van der Waals surface area contributed by atoms with Gasteiger partial charge in [0, 0.05) is 18.3 Å². The van der Waals surface area contributed by atoms with Gasteiger partial charge in [-0.25, -0.2) is 0 Å². The van der Waals surface area contributed by atoms with Crippen LogP contribution in [0.15, 0.2) is 12.3 Å². The monoisotopic (exact) mass is 300 g/mol. The molecule has 0 spiro atoms. The molecule has 1 aromatic heterocycles. The molecular formula is C14H21ClN2O3. The predicted molar refractivity (Wildman–Crippen MR) is 78.2 cm³/mol. The molecule has 1 heterocycles. The van der Waals surface area contributed by atoms with Crippen LogP contribution in [0.1, 0.15) is 56.6 Å². The smallest absolute Gasteiger partial charge is 0.305 e. The fourth-order valence-electron chi connectivity index (χ4n) is 2.10. The van der Waals surface area contributed by atoms with Crippen molar-refractivity contribution in [2.24, 2.45) is 0 Å². The molecule has 0 saturated heterocycles. The van der Waals surface area contributed by atoms with Crippen LogP contribution in [0.2, 0.25) is 5.02 Å². The van der Waals surface area contributed by atoms with Crippen molar-refractivity contribution in [1.82, 2.24) is 9.88 Å². The summed E-state index contributed by atoms with van der Waals surface area (Å²) in [5, 5.41) is 12.1. The lowest BCUT2D eigenvalue weighted by Crippen LogP contribution is -2.37. The number of carbonyl (C=O) groups excluding carboxylic acids is 1. The van der Waals surface area contributed by atoms with E-state index < -0.39 is 5.97 Å². The second-order valence-electron chi connectivity index (χ2n) is 5.10. The van der Waals surface area contributed by atoms with Crippen molar-refractivity contribution in [1.29, 1.82) is 0 Å². The number of hydrogen-bond donors (Lipinski definition) is 2. The summed E-state index contributed by atoms with van der Waals surface area (Å²) in [4.78, 5) is 23.1. The highest BCUT2D eigenvalue weighted by Gasteiger charge is 2.20. The van der Waals surface area contributed by atoms with Crippen LogP contribution < -0.4 is 5.32 Å². The Morgan fingerprint density at radius 3 is 2.60 bits per heavy atom. The third-order valence-electron chi connectivity index (χ3n) is 3.00. The molecule has 0 radical (unpaired) electrons. The predicted octanol–water partition coefficient (Wildman–Crippen LogP) is 3.10. The molecule has 0 bridgehead atoms. The maximum absolute atomic E-state index is 12.3. The summed E-state index contributed by atoms with van der Waals surface area (Å²) >= 11 is 5.94. The van der Waals surface area contributed by atoms with Gasteiger partial charge in [-0.1, -0.05) is 24.9 Å². The lowest BCUT2D eigenvalue weighted by molar-refractivity contribution is -0.137. The van der Waals surface area contributed by atoms with Gasteiger partial charge in [0.25, 0.3) is 5.91 Å². The van der Waals surface area contributed by atoms with Crippen molar-refractivity contribution in [2.45, 2.75) is 52.1 Å². The summed E-state index contributed by atoms with van der Waals surface area (Å²) in [6.07, 6.45) is 3.07. The van der Waals surface area contributed by atoms with E-state index in [1.54, 1.807) is 16.8 Å². The van der Waals surface area contributed by atoms with E-state index >= 15 is 0 Å². The quantitative estimate of drug-likeness (QED) is 0.813. The molecule has 1 aromatic rings. The summed E-state index contributed by atoms with van der Waals surface area (Å²) < 4.78 is 1.78. The van der Waals surface area contributed by atoms with Crippen molar-refractivity contribution in [3.63, 3.8) is 0 Å². The van der Waals surface area contributed by atoms with Crippen LogP contribution in [0.4, 0.5) is 0 Å². The number of nitrogens with one attached hydrogen (secondary N) is 1. The van der Waals surface area contributed by atoms with Crippen molar-refractivity contribution < 1.29 is 14.7 Å². The van der Waals surface area contributed by atoms with Gasteiger partial charge in [0.05, 0.1) is 11.4 Å².